The molecule has 1 heterocycles. The van der Waals surface area contributed by atoms with E-state index in [2.05, 4.69) is 13.0 Å². The van der Waals surface area contributed by atoms with Crippen LogP contribution in [0.4, 0.5) is 0 Å². The molecule has 1 N–H and O–H groups in total. The van der Waals surface area contributed by atoms with Crippen molar-refractivity contribution >= 4 is 5.91 Å². The molecule has 1 aromatic carbocycles. The fourth-order valence-corrected chi connectivity index (χ4v) is 2.80. The van der Waals surface area contributed by atoms with E-state index in [9.17, 15) is 9.90 Å². The third-order valence-electron chi connectivity index (χ3n) is 3.80. The molecule has 0 aliphatic carbocycles. The van der Waals surface area contributed by atoms with Crippen LogP contribution in [-0.2, 0) is 0 Å². The Kier molecular flexibility index (Phi) is 3.71. The smallest absolute Gasteiger partial charge is 0.254 e. The molecular formula is C15H21NO2. The Morgan fingerprint density at radius 1 is 1.33 bits per heavy atom. The van der Waals surface area contributed by atoms with Gasteiger partial charge in [0.15, 0.2) is 0 Å². The maximum atomic E-state index is 12.5. The molecule has 1 aromatic rings. The van der Waals surface area contributed by atoms with E-state index in [1.165, 1.54) is 0 Å². The topological polar surface area (TPSA) is 40.5 Å². The summed E-state index contributed by atoms with van der Waals surface area (Å²) in [5, 5.41) is 9.42. The maximum absolute atomic E-state index is 12.5. The Bertz CT molecular complexity index is 436. The summed E-state index contributed by atoms with van der Waals surface area (Å²) in [4.78, 5) is 14.3. The highest BCUT2D eigenvalue weighted by Gasteiger charge is 2.34. The zero-order chi connectivity index (χ0) is 13.3. The molecule has 2 rings (SSSR count). The summed E-state index contributed by atoms with van der Waals surface area (Å²) < 4.78 is 0. The fraction of sp³-hybridized carbons (Fsp3) is 0.533. The Morgan fingerprint density at radius 2 is 1.94 bits per heavy atom. The van der Waals surface area contributed by atoms with Gasteiger partial charge in [0.25, 0.3) is 5.91 Å². The van der Waals surface area contributed by atoms with Gasteiger partial charge >= 0.3 is 0 Å². The minimum Gasteiger partial charge on any atom is -0.394 e. The lowest BCUT2D eigenvalue weighted by atomic mass is 10.0. The molecule has 1 aliphatic heterocycles. The van der Waals surface area contributed by atoms with Gasteiger partial charge in [-0.3, -0.25) is 4.79 Å². The van der Waals surface area contributed by atoms with Crippen LogP contribution >= 0.6 is 0 Å². The lowest BCUT2D eigenvalue weighted by Crippen LogP contribution is -2.39. The first-order valence-corrected chi connectivity index (χ1v) is 6.53. The summed E-state index contributed by atoms with van der Waals surface area (Å²) in [5.41, 5.74) is 2.94. The molecule has 1 fully saturated rings. The van der Waals surface area contributed by atoms with Crippen molar-refractivity contribution in [2.45, 2.75) is 33.2 Å². The van der Waals surface area contributed by atoms with Crippen LogP contribution in [0, 0.1) is 19.8 Å². The summed E-state index contributed by atoms with van der Waals surface area (Å²) in [6, 6.07) is 5.88. The second-order valence-corrected chi connectivity index (χ2v) is 5.39. The molecule has 0 bridgehead atoms. The van der Waals surface area contributed by atoms with Gasteiger partial charge in [-0.2, -0.15) is 0 Å². The highest BCUT2D eigenvalue weighted by molar-refractivity contribution is 5.95. The van der Waals surface area contributed by atoms with Gasteiger partial charge in [-0.1, -0.05) is 24.1 Å². The number of aliphatic hydroxyl groups is 1. The molecule has 1 aliphatic rings. The monoisotopic (exact) mass is 247 g/mol. The van der Waals surface area contributed by atoms with Crippen molar-refractivity contribution in [1.82, 2.24) is 4.90 Å². The molecule has 3 nitrogen and oxygen atoms in total. The summed E-state index contributed by atoms with van der Waals surface area (Å²) in [7, 11) is 0. The van der Waals surface area contributed by atoms with Crippen molar-refractivity contribution < 1.29 is 9.90 Å². The van der Waals surface area contributed by atoms with Gasteiger partial charge < -0.3 is 10.0 Å². The van der Waals surface area contributed by atoms with Gasteiger partial charge in [0, 0.05) is 12.1 Å². The van der Waals surface area contributed by atoms with Crippen LogP contribution in [-0.4, -0.2) is 35.1 Å². The second kappa shape index (κ2) is 5.11. The van der Waals surface area contributed by atoms with Crippen LogP contribution in [0.2, 0.25) is 0 Å². The number of carbonyl (C=O) groups excluding carboxylic acids is 1. The number of hydrogen-bond acceptors (Lipinski definition) is 2. The van der Waals surface area contributed by atoms with Crippen molar-refractivity contribution in [3.63, 3.8) is 0 Å². The Balaban J connectivity index is 2.25. The quantitative estimate of drug-likeness (QED) is 0.870. The molecule has 0 spiro atoms. The van der Waals surface area contributed by atoms with E-state index in [4.69, 9.17) is 0 Å². The molecular weight excluding hydrogens is 226 g/mol. The number of benzene rings is 1. The Hall–Kier alpha value is -1.35. The van der Waals surface area contributed by atoms with E-state index in [0.717, 1.165) is 29.7 Å². The van der Waals surface area contributed by atoms with Crippen molar-refractivity contribution in [2.24, 2.45) is 5.92 Å². The van der Waals surface area contributed by atoms with Crippen LogP contribution in [0.3, 0.4) is 0 Å². The van der Waals surface area contributed by atoms with E-state index in [-0.39, 0.29) is 18.6 Å². The van der Waals surface area contributed by atoms with Gasteiger partial charge in [0.1, 0.15) is 0 Å². The van der Waals surface area contributed by atoms with Crippen molar-refractivity contribution in [3.05, 3.63) is 34.9 Å². The van der Waals surface area contributed by atoms with E-state index < -0.39 is 0 Å². The number of amides is 1. The SMILES string of the molecule is Cc1cc(C)cc(C(=O)N2CCC(C)C2CO)c1. The van der Waals surface area contributed by atoms with Crippen molar-refractivity contribution in [2.75, 3.05) is 13.2 Å². The van der Waals surface area contributed by atoms with E-state index in [1.54, 1.807) is 0 Å². The summed E-state index contributed by atoms with van der Waals surface area (Å²) in [6.07, 6.45) is 0.974. The number of aliphatic hydroxyl groups excluding tert-OH is 1. The molecule has 18 heavy (non-hydrogen) atoms. The highest BCUT2D eigenvalue weighted by atomic mass is 16.3. The predicted molar refractivity (Wildman–Crippen MR) is 71.6 cm³/mol. The number of hydrogen-bond donors (Lipinski definition) is 1. The second-order valence-electron chi connectivity index (χ2n) is 5.39. The third-order valence-corrected chi connectivity index (χ3v) is 3.80. The average Bonchev–Trinajstić information content (AvgIpc) is 2.68. The van der Waals surface area contributed by atoms with Crippen LogP contribution in [0.25, 0.3) is 0 Å². The minimum absolute atomic E-state index is 0.0293. The van der Waals surface area contributed by atoms with Gasteiger partial charge in [0.05, 0.1) is 12.6 Å². The first-order chi connectivity index (χ1) is 8.52. The van der Waals surface area contributed by atoms with E-state index in [0.29, 0.717) is 5.92 Å². The number of carbonyl (C=O) groups is 1. The molecule has 98 valence electrons. The molecule has 3 heteroatoms. The number of nitrogens with zero attached hydrogens (tertiary/aromatic N) is 1. The normalized spacial score (nSPS) is 23.4. The van der Waals surface area contributed by atoms with Gasteiger partial charge in [-0.15, -0.1) is 0 Å². The average molecular weight is 247 g/mol. The highest BCUT2D eigenvalue weighted by Crippen LogP contribution is 2.25. The molecule has 1 saturated heterocycles. The minimum atomic E-state index is -0.0293. The largest absolute Gasteiger partial charge is 0.394 e. The van der Waals surface area contributed by atoms with Gasteiger partial charge in [0.2, 0.25) is 0 Å². The third kappa shape index (κ3) is 2.41. The molecule has 0 saturated carbocycles. The number of aryl methyl sites for hydroxylation is 2. The molecule has 2 unspecified atom stereocenters. The first kappa shape index (κ1) is 13.1. The van der Waals surface area contributed by atoms with Crippen LogP contribution in [0.5, 0.6) is 0 Å². The van der Waals surface area contributed by atoms with Crippen LogP contribution in [0.15, 0.2) is 18.2 Å². The van der Waals surface area contributed by atoms with Crippen molar-refractivity contribution in [1.29, 1.82) is 0 Å². The molecule has 2 atom stereocenters. The fourth-order valence-electron chi connectivity index (χ4n) is 2.80. The van der Waals surface area contributed by atoms with Gasteiger partial charge in [-0.05, 0) is 38.3 Å². The lowest BCUT2D eigenvalue weighted by molar-refractivity contribution is 0.0648. The number of rotatable bonds is 2. The van der Waals surface area contributed by atoms with Crippen LogP contribution < -0.4 is 0 Å². The van der Waals surface area contributed by atoms with E-state index >= 15 is 0 Å². The Labute approximate surface area is 108 Å². The summed E-state index contributed by atoms with van der Waals surface area (Å²) in [5.74, 6) is 0.426. The van der Waals surface area contributed by atoms with Crippen molar-refractivity contribution in [3.8, 4) is 0 Å². The predicted octanol–water partition coefficient (Wildman–Crippen LogP) is 2.15. The lowest BCUT2D eigenvalue weighted by Gasteiger charge is -2.25. The standard InChI is InChI=1S/C15H21NO2/c1-10-6-11(2)8-13(7-10)15(18)16-5-4-12(3)14(16)9-17/h6-8,12,14,17H,4-5,9H2,1-3H3. The van der Waals surface area contributed by atoms with Crippen LogP contribution in [0.1, 0.15) is 34.8 Å². The van der Waals surface area contributed by atoms with Gasteiger partial charge in [-0.25, -0.2) is 0 Å². The Morgan fingerprint density at radius 3 is 2.50 bits per heavy atom. The molecule has 1 amide bonds. The molecule has 0 radical (unpaired) electrons. The first-order valence-electron chi connectivity index (χ1n) is 6.53. The zero-order valence-electron chi connectivity index (χ0n) is 11.3. The molecule has 0 aromatic heterocycles. The summed E-state index contributed by atoms with van der Waals surface area (Å²) >= 11 is 0. The zero-order valence-corrected chi connectivity index (χ0v) is 11.3. The maximum Gasteiger partial charge on any atom is 0.254 e. The number of likely N-dealkylation sites (tertiary alicyclic amines) is 1. The summed E-state index contributed by atoms with van der Waals surface area (Å²) in [6.45, 7) is 6.89. The van der Waals surface area contributed by atoms with E-state index in [1.807, 2.05) is 30.9 Å².